The molecule has 2 atom stereocenters. The van der Waals surface area contributed by atoms with Gasteiger partial charge >= 0.3 is 0 Å². The number of likely N-dealkylation sites (tertiary alicyclic amines) is 1. The maximum atomic E-state index is 12.8. The zero-order valence-electron chi connectivity index (χ0n) is 17.8. The van der Waals surface area contributed by atoms with Crippen molar-refractivity contribution in [2.45, 2.75) is 31.8 Å². The Balaban J connectivity index is 1.48. The highest BCUT2D eigenvalue weighted by Crippen LogP contribution is 2.29. The molecule has 1 fully saturated rings. The number of likely N-dealkylation sites (N-methyl/N-ethyl adjacent to an activating group) is 1. The first kappa shape index (κ1) is 20.6. The number of hydrogen-bond donors (Lipinski definition) is 0. The molecule has 8 heteroatoms. The van der Waals surface area contributed by atoms with Crippen molar-refractivity contribution in [3.8, 4) is 0 Å². The number of oxazole rings is 1. The van der Waals surface area contributed by atoms with Crippen molar-refractivity contribution >= 4 is 16.8 Å². The van der Waals surface area contributed by atoms with Crippen LogP contribution in [-0.4, -0.2) is 60.1 Å². The van der Waals surface area contributed by atoms with E-state index in [1.54, 1.807) is 24.1 Å². The summed E-state index contributed by atoms with van der Waals surface area (Å²) in [6.07, 6.45) is 3.70. The molecule has 0 aliphatic carbocycles. The highest BCUT2D eigenvalue weighted by molar-refractivity contribution is 5.72. The third-order valence-electron chi connectivity index (χ3n) is 5.87. The molecule has 0 N–H and O–H groups in total. The van der Waals surface area contributed by atoms with Crippen LogP contribution in [0.5, 0.6) is 0 Å². The van der Waals surface area contributed by atoms with Crippen molar-refractivity contribution in [2.75, 3.05) is 45.3 Å². The van der Waals surface area contributed by atoms with E-state index in [1.165, 1.54) is 0 Å². The molecule has 0 saturated carbocycles. The Hall–Kier alpha value is -2.71. The smallest absolute Gasteiger partial charge is 0.269 e. The number of ether oxygens (including phenoxy) is 1. The number of methoxy groups -OCH3 is 1. The molecule has 1 aliphatic heterocycles. The fourth-order valence-corrected chi connectivity index (χ4v) is 4.01. The highest BCUT2D eigenvalue weighted by Gasteiger charge is 2.29. The number of rotatable bonds is 7. The fraction of sp³-hybridized carbons (Fsp3) is 0.500. The monoisotopic (exact) mass is 411 g/mol. The van der Waals surface area contributed by atoms with E-state index in [2.05, 4.69) is 21.9 Å². The minimum Gasteiger partial charge on any atom is -0.439 e. The van der Waals surface area contributed by atoms with Crippen molar-refractivity contribution in [2.24, 2.45) is 0 Å². The van der Waals surface area contributed by atoms with E-state index in [0.29, 0.717) is 19.0 Å². The first-order valence-corrected chi connectivity index (χ1v) is 10.5. The van der Waals surface area contributed by atoms with Crippen LogP contribution in [-0.2, 0) is 4.74 Å². The van der Waals surface area contributed by atoms with E-state index in [-0.39, 0.29) is 17.6 Å². The maximum Gasteiger partial charge on any atom is 0.269 e. The second-order valence-corrected chi connectivity index (χ2v) is 7.90. The molecule has 0 spiro atoms. The van der Waals surface area contributed by atoms with E-state index in [4.69, 9.17) is 9.15 Å². The molecule has 3 heterocycles. The van der Waals surface area contributed by atoms with Gasteiger partial charge in [-0.3, -0.25) is 9.69 Å². The van der Waals surface area contributed by atoms with Crippen LogP contribution in [0.2, 0.25) is 0 Å². The molecule has 0 amide bonds. The van der Waals surface area contributed by atoms with Gasteiger partial charge in [-0.2, -0.15) is 5.10 Å². The lowest BCUT2D eigenvalue weighted by Gasteiger charge is -2.35. The molecule has 0 radical (unpaired) electrons. The van der Waals surface area contributed by atoms with Crippen LogP contribution in [0.25, 0.3) is 11.1 Å². The van der Waals surface area contributed by atoms with Gasteiger partial charge in [0.25, 0.3) is 5.56 Å². The molecule has 0 bridgehead atoms. The van der Waals surface area contributed by atoms with E-state index < -0.39 is 0 Å². The van der Waals surface area contributed by atoms with Crippen LogP contribution >= 0.6 is 0 Å². The van der Waals surface area contributed by atoms with Crippen molar-refractivity contribution in [3.63, 3.8) is 0 Å². The minimum atomic E-state index is -0.0712. The Bertz CT molecular complexity index is 1010. The summed E-state index contributed by atoms with van der Waals surface area (Å²) >= 11 is 0. The van der Waals surface area contributed by atoms with Gasteiger partial charge in [-0.25, -0.2) is 9.67 Å². The zero-order chi connectivity index (χ0) is 21.1. The average molecular weight is 412 g/mol. The summed E-state index contributed by atoms with van der Waals surface area (Å²) in [6, 6.07) is 9.55. The molecule has 1 aliphatic rings. The quantitative estimate of drug-likeness (QED) is 0.592. The largest absolute Gasteiger partial charge is 0.439 e. The summed E-state index contributed by atoms with van der Waals surface area (Å²) in [7, 11) is 3.60. The van der Waals surface area contributed by atoms with Gasteiger partial charge in [0.05, 0.1) is 30.6 Å². The minimum absolute atomic E-state index is 0.0374. The van der Waals surface area contributed by atoms with Crippen LogP contribution in [0.15, 0.2) is 45.7 Å². The standard InChI is InChI=1S/C22H29N5O3/c1-16(22-24-19-8-4-5-9-20(19)30-22)26-10-6-7-17(15-26)27-21(28)13-18(14-23-27)25(2)11-12-29-3/h4-5,8-9,13-14,16-17H,6-7,10-12,15H2,1-3H3/t16-,17+/m0/s1. The maximum absolute atomic E-state index is 12.8. The molecule has 2 aromatic heterocycles. The number of piperidine rings is 1. The third-order valence-corrected chi connectivity index (χ3v) is 5.87. The predicted octanol–water partition coefficient (Wildman–Crippen LogP) is 2.87. The molecule has 0 unspecified atom stereocenters. The molecule has 4 rings (SSSR count). The van der Waals surface area contributed by atoms with Crippen molar-refractivity contribution in [1.29, 1.82) is 0 Å². The first-order chi connectivity index (χ1) is 14.6. The number of hydrogen-bond acceptors (Lipinski definition) is 7. The highest BCUT2D eigenvalue weighted by atomic mass is 16.5. The Labute approximate surface area is 176 Å². The van der Waals surface area contributed by atoms with Crippen molar-refractivity contribution < 1.29 is 9.15 Å². The summed E-state index contributed by atoms with van der Waals surface area (Å²) in [5, 5.41) is 4.49. The Kier molecular flexibility index (Phi) is 6.15. The summed E-state index contributed by atoms with van der Waals surface area (Å²) in [6.45, 7) is 5.11. The third kappa shape index (κ3) is 4.24. The van der Waals surface area contributed by atoms with Gasteiger partial charge in [-0.15, -0.1) is 0 Å². The number of fused-ring (bicyclic) bond motifs is 1. The lowest BCUT2D eigenvalue weighted by atomic mass is 10.0. The summed E-state index contributed by atoms with van der Waals surface area (Å²) in [5.41, 5.74) is 2.41. The summed E-state index contributed by atoms with van der Waals surface area (Å²) < 4.78 is 12.7. The molecule has 1 saturated heterocycles. The van der Waals surface area contributed by atoms with Gasteiger partial charge in [0, 0.05) is 33.3 Å². The number of anilines is 1. The predicted molar refractivity (Wildman–Crippen MR) is 116 cm³/mol. The van der Waals surface area contributed by atoms with Gasteiger partial charge in [0.15, 0.2) is 5.58 Å². The van der Waals surface area contributed by atoms with Gasteiger partial charge in [0.1, 0.15) is 5.52 Å². The second kappa shape index (κ2) is 8.97. The molecule has 8 nitrogen and oxygen atoms in total. The Morgan fingerprint density at radius 1 is 1.37 bits per heavy atom. The number of para-hydroxylation sites is 2. The Morgan fingerprint density at radius 3 is 2.97 bits per heavy atom. The van der Waals surface area contributed by atoms with Crippen molar-refractivity contribution in [1.82, 2.24) is 19.7 Å². The normalized spacial score (nSPS) is 18.6. The second-order valence-electron chi connectivity index (χ2n) is 7.90. The molecule has 3 aromatic rings. The van der Waals surface area contributed by atoms with Gasteiger partial charge in [-0.1, -0.05) is 12.1 Å². The van der Waals surface area contributed by atoms with E-state index >= 15 is 0 Å². The van der Waals surface area contributed by atoms with Crippen LogP contribution in [0.3, 0.4) is 0 Å². The van der Waals surface area contributed by atoms with E-state index in [9.17, 15) is 4.79 Å². The lowest BCUT2D eigenvalue weighted by molar-refractivity contribution is 0.113. The number of benzene rings is 1. The lowest BCUT2D eigenvalue weighted by Crippen LogP contribution is -2.42. The zero-order valence-corrected chi connectivity index (χ0v) is 17.8. The van der Waals surface area contributed by atoms with Gasteiger partial charge in [0.2, 0.25) is 5.89 Å². The van der Waals surface area contributed by atoms with Crippen LogP contribution in [0.1, 0.15) is 37.7 Å². The van der Waals surface area contributed by atoms with Crippen LogP contribution in [0, 0.1) is 0 Å². The summed E-state index contributed by atoms with van der Waals surface area (Å²) in [4.78, 5) is 21.7. The molecule has 1 aromatic carbocycles. The molecule has 160 valence electrons. The van der Waals surface area contributed by atoms with Crippen LogP contribution in [0.4, 0.5) is 5.69 Å². The first-order valence-electron chi connectivity index (χ1n) is 10.5. The SMILES string of the molecule is COCCN(C)c1cnn([C@@H]2CCCN([C@@H](C)c3nc4ccccc4o3)C2)c(=O)c1. The number of aromatic nitrogens is 3. The fourth-order valence-electron chi connectivity index (χ4n) is 4.01. The van der Waals surface area contributed by atoms with Gasteiger partial charge in [-0.05, 0) is 38.4 Å². The van der Waals surface area contributed by atoms with Gasteiger partial charge < -0.3 is 14.1 Å². The summed E-state index contributed by atoms with van der Waals surface area (Å²) in [5.74, 6) is 0.715. The molecular weight excluding hydrogens is 382 g/mol. The Morgan fingerprint density at radius 2 is 2.20 bits per heavy atom. The van der Waals surface area contributed by atoms with E-state index in [0.717, 1.165) is 42.7 Å². The van der Waals surface area contributed by atoms with Crippen LogP contribution < -0.4 is 10.5 Å². The van der Waals surface area contributed by atoms with E-state index in [1.807, 2.05) is 36.2 Å². The average Bonchev–Trinajstić information content (AvgIpc) is 3.21. The topological polar surface area (TPSA) is 76.6 Å². The van der Waals surface area contributed by atoms with Crippen molar-refractivity contribution in [3.05, 3.63) is 52.8 Å². The number of nitrogens with zero attached hydrogens (tertiary/aromatic N) is 5. The molecule has 30 heavy (non-hydrogen) atoms. The molecular formula is C22H29N5O3.